The third-order valence-electron chi connectivity index (χ3n) is 2.98. The van der Waals surface area contributed by atoms with Crippen LogP contribution >= 0.6 is 34.8 Å². The van der Waals surface area contributed by atoms with Crippen molar-refractivity contribution in [1.82, 2.24) is 9.97 Å². The molecule has 0 amide bonds. The van der Waals surface area contributed by atoms with E-state index >= 15 is 0 Å². The van der Waals surface area contributed by atoms with E-state index in [-0.39, 0.29) is 12.2 Å². The number of rotatable bonds is 2. The van der Waals surface area contributed by atoms with Gasteiger partial charge in [-0.1, -0.05) is 40.9 Å². The van der Waals surface area contributed by atoms with Crippen LogP contribution in [0.1, 0.15) is 11.4 Å². The summed E-state index contributed by atoms with van der Waals surface area (Å²) in [5.41, 5.74) is 1.84. The first-order chi connectivity index (χ1) is 9.54. The van der Waals surface area contributed by atoms with Crippen molar-refractivity contribution in [2.24, 2.45) is 0 Å². The Hall–Kier alpha value is -1.29. The number of hydrogen-bond donors (Lipinski definition) is 1. The molecular formula is C14H8Cl3FN2. The Labute approximate surface area is 129 Å². The van der Waals surface area contributed by atoms with E-state index in [1.54, 1.807) is 24.3 Å². The molecule has 6 heteroatoms. The molecule has 0 saturated heterocycles. The molecule has 0 aliphatic heterocycles. The fourth-order valence-electron chi connectivity index (χ4n) is 2.01. The van der Waals surface area contributed by atoms with Crippen molar-refractivity contribution in [2.45, 2.75) is 6.42 Å². The molecule has 0 radical (unpaired) electrons. The molecule has 20 heavy (non-hydrogen) atoms. The largest absolute Gasteiger partial charge is 0.342 e. The first-order valence-electron chi connectivity index (χ1n) is 5.81. The van der Waals surface area contributed by atoms with E-state index in [4.69, 9.17) is 34.8 Å². The summed E-state index contributed by atoms with van der Waals surface area (Å²) in [6.45, 7) is 0. The molecule has 3 aromatic rings. The number of aromatic nitrogens is 2. The van der Waals surface area contributed by atoms with Crippen molar-refractivity contribution in [1.29, 1.82) is 0 Å². The van der Waals surface area contributed by atoms with E-state index in [1.807, 2.05) is 0 Å². The lowest BCUT2D eigenvalue weighted by atomic mass is 10.1. The zero-order valence-electron chi connectivity index (χ0n) is 10.1. The minimum Gasteiger partial charge on any atom is -0.342 e. The van der Waals surface area contributed by atoms with Gasteiger partial charge in [0.25, 0.3) is 0 Å². The second-order valence-electron chi connectivity index (χ2n) is 4.34. The SMILES string of the molecule is Fc1cccc(Cl)c1Cc1nc2cc(Cl)c(Cl)cc2[nH]1. The average Bonchev–Trinajstić information content (AvgIpc) is 2.76. The summed E-state index contributed by atoms with van der Waals surface area (Å²) in [6, 6.07) is 7.95. The molecule has 0 spiro atoms. The monoisotopic (exact) mass is 328 g/mol. The molecule has 2 aromatic carbocycles. The van der Waals surface area contributed by atoms with Crippen molar-refractivity contribution in [3.05, 3.63) is 62.6 Å². The van der Waals surface area contributed by atoms with Gasteiger partial charge in [-0.05, 0) is 24.3 Å². The van der Waals surface area contributed by atoms with E-state index < -0.39 is 0 Å². The van der Waals surface area contributed by atoms with Gasteiger partial charge in [0, 0.05) is 17.0 Å². The maximum Gasteiger partial charge on any atom is 0.128 e. The van der Waals surface area contributed by atoms with E-state index in [1.165, 1.54) is 6.07 Å². The summed E-state index contributed by atoms with van der Waals surface area (Å²) < 4.78 is 13.8. The zero-order valence-corrected chi connectivity index (χ0v) is 12.3. The molecule has 3 rings (SSSR count). The molecule has 102 valence electrons. The summed E-state index contributed by atoms with van der Waals surface area (Å²) >= 11 is 17.9. The van der Waals surface area contributed by atoms with Gasteiger partial charge < -0.3 is 4.98 Å². The smallest absolute Gasteiger partial charge is 0.128 e. The van der Waals surface area contributed by atoms with Crippen LogP contribution in [0, 0.1) is 5.82 Å². The molecule has 0 unspecified atom stereocenters. The molecular weight excluding hydrogens is 322 g/mol. The first kappa shape index (κ1) is 13.7. The second-order valence-corrected chi connectivity index (χ2v) is 5.57. The van der Waals surface area contributed by atoms with Crippen molar-refractivity contribution in [2.75, 3.05) is 0 Å². The van der Waals surface area contributed by atoms with E-state index in [9.17, 15) is 4.39 Å². The highest BCUT2D eigenvalue weighted by Crippen LogP contribution is 2.28. The maximum absolute atomic E-state index is 13.8. The fourth-order valence-corrected chi connectivity index (χ4v) is 2.56. The molecule has 0 fully saturated rings. The van der Waals surface area contributed by atoms with Crippen LogP contribution in [0.4, 0.5) is 4.39 Å². The summed E-state index contributed by atoms with van der Waals surface area (Å²) in [5, 5.41) is 1.25. The normalized spacial score (nSPS) is 11.2. The number of aromatic amines is 1. The number of H-pyrrole nitrogens is 1. The van der Waals surface area contributed by atoms with Crippen LogP contribution < -0.4 is 0 Å². The van der Waals surface area contributed by atoms with Crippen molar-refractivity contribution in [3.8, 4) is 0 Å². The zero-order chi connectivity index (χ0) is 14.3. The lowest BCUT2D eigenvalue weighted by molar-refractivity contribution is 0.612. The molecule has 0 aliphatic carbocycles. The summed E-state index contributed by atoms with van der Waals surface area (Å²) in [4.78, 5) is 7.46. The maximum atomic E-state index is 13.8. The predicted octanol–water partition coefficient (Wildman–Crippen LogP) is 5.25. The third-order valence-corrected chi connectivity index (χ3v) is 4.06. The van der Waals surface area contributed by atoms with Crippen LogP contribution in [-0.4, -0.2) is 9.97 Å². The Kier molecular flexibility index (Phi) is 3.59. The van der Waals surface area contributed by atoms with Crippen LogP contribution in [0.5, 0.6) is 0 Å². The number of halogens is 4. The number of nitrogens with one attached hydrogen (secondary N) is 1. The molecule has 0 bridgehead atoms. The number of hydrogen-bond acceptors (Lipinski definition) is 1. The fraction of sp³-hybridized carbons (Fsp3) is 0.0714. The van der Waals surface area contributed by atoms with Gasteiger partial charge in [-0.2, -0.15) is 0 Å². The van der Waals surface area contributed by atoms with Gasteiger partial charge in [-0.15, -0.1) is 0 Å². The van der Waals surface area contributed by atoms with Crippen LogP contribution in [-0.2, 0) is 6.42 Å². The van der Waals surface area contributed by atoms with E-state index in [0.717, 1.165) is 5.52 Å². The molecule has 1 N–H and O–H groups in total. The van der Waals surface area contributed by atoms with Gasteiger partial charge in [0.05, 0.1) is 21.1 Å². The molecule has 0 atom stereocenters. The first-order valence-corrected chi connectivity index (χ1v) is 6.94. The Morgan fingerprint density at radius 2 is 1.80 bits per heavy atom. The van der Waals surface area contributed by atoms with Crippen molar-refractivity contribution in [3.63, 3.8) is 0 Å². The van der Waals surface area contributed by atoms with E-state index in [0.29, 0.717) is 32.0 Å². The number of imidazole rings is 1. The van der Waals surface area contributed by atoms with Gasteiger partial charge in [-0.3, -0.25) is 0 Å². The number of benzene rings is 2. The highest BCUT2D eigenvalue weighted by Gasteiger charge is 2.12. The topological polar surface area (TPSA) is 28.7 Å². The van der Waals surface area contributed by atoms with Crippen LogP contribution in [0.15, 0.2) is 30.3 Å². The Morgan fingerprint density at radius 1 is 1.05 bits per heavy atom. The average molecular weight is 330 g/mol. The second kappa shape index (κ2) is 5.24. The molecule has 2 nitrogen and oxygen atoms in total. The van der Waals surface area contributed by atoms with Crippen LogP contribution in [0.2, 0.25) is 15.1 Å². The van der Waals surface area contributed by atoms with Crippen LogP contribution in [0.25, 0.3) is 11.0 Å². The van der Waals surface area contributed by atoms with E-state index in [2.05, 4.69) is 9.97 Å². The van der Waals surface area contributed by atoms with Gasteiger partial charge in [0.15, 0.2) is 0 Å². The van der Waals surface area contributed by atoms with Crippen molar-refractivity contribution < 1.29 is 4.39 Å². The summed E-state index contributed by atoms with van der Waals surface area (Å²) in [5.74, 6) is 0.249. The highest BCUT2D eigenvalue weighted by atomic mass is 35.5. The van der Waals surface area contributed by atoms with Crippen LogP contribution in [0.3, 0.4) is 0 Å². The lowest BCUT2D eigenvalue weighted by Gasteiger charge is -2.03. The van der Waals surface area contributed by atoms with Gasteiger partial charge in [0.2, 0.25) is 0 Å². The Balaban J connectivity index is 2.03. The molecule has 0 saturated carbocycles. The highest BCUT2D eigenvalue weighted by molar-refractivity contribution is 6.42. The number of nitrogens with zero attached hydrogens (tertiary/aromatic N) is 1. The van der Waals surface area contributed by atoms with Gasteiger partial charge in [-0.25, -0.2) is 9.37 Å². The standard InChI is InChI=1S/C14H8Cl3FN2/c15-8-2-1-3-11(18)7(8)4-14-19-12-5-9(16)10(17)6-13(12)20-14/h1-3,5-6H,4H2,(H,19,20). The quantitative estimate of drug-likeness (QED) is 0.683. The predicted molar refractivity (Wildman–Crippen MR) is 80.3 cm³/mol. The number of fused-ring (bicyclic) bond motifs is 1. The summed E-state index contributed by atoms with van der Waals surface area (Å²) in [6.07, 6.45) is 0.273. The van der Waals surface area contributed by atoms with Gasteiger partial charge >= 0.3 is 0 Å². The molecule has 0 aliphatic rings. The molecule has 1 heterocycles. The van der Waals surface area contributed by atoms with Crippen molar-refractivity contribution >= 4 is 45.8 Å². The van der Waals surface area contributed by atoms with Gasteiger partial charge in [0.1, 0.15) is 11.6 Å². The lowest BCUT2D eigenvalue weighted by Crippen LogP contribution is -1.95. The third kappa shape index (κ3) is 2.49. The Morgan fingerprint density at radius 3 is 2.55 bits per heavy atom. The Bertz CT molecular complexity index is 739. The molecule has 1 aromatic heterocycles. The minimum atomic E-state index is -0.353. The summed E-state index contributed by atoms with van der Waals surface area (Å²) in [7, 11) is 0. The minimum absolute atomic E-state index is 0.273.